The van der Waals surface area contributed by atoms with Gasteiger partial charge in [0.1, 0.15) is 12.1 Å². The highest BCUT2D eigenvalue weighted by Crippen LogP contribution is 2.37. The summed E-state index contributed by atoms with van der Waals surface area (Å²) in [6, 6.07) is 10.6. The van der Waals surface area contributed by atoms with Crippen molar-refractivity contribution in [3.05, 3.63) is 58.7 Å². The number of carbonyl (C=O) groups excluding carboxylic acids is 3. The van der Waals surface area contributed by atoms with Crippen molar-refractivity contribution < 1.29 is 23.9 Å². The Labute approximate surface area is 192 Å². The second-order valence-corrected chi connectivity index (χ2v) is 9.04. The van der Waals surface area contributed by atoms with Gasteiger partial charge in [0.15, 0.2) is 11.5 Å². The van der Waals surface area contributed by atoms with Gasteiger partial charge in [0.25, 0.3) is 5.91 Å². The van der Waals surface area contributed by atoms with E-state index in [1.54, 1.807) is 25.1 Å². The number of carbonyl (C=O) groups is 3. The summed E-state index contributed by atoms with van der Waals surface area (Å²) in [5.41, 5.74) is 3.02. The van der Waals surface area contributed by atoms with Gasteiger partial charge in [-0.15, -0.1) is 0 Å². The molecular weight excluding hydrogens is 422 g/mol. The monoisotopic (exact) mass is 449 g/mol. The molecule has 0 bridgehead atoms. The zero-order chi connectivity index (χ0) is 23.2. The molecule has 3 aliphatic rings. The van der Waals surface area contributed by atoms with E-state index < -0.39 is 23.4 Å². The Balaban J connectivity index is 1.27. The van der Waals surface area contributed by atoms with Gasteiger partial charge in [-0.25, -0.2) is 4.79 Å². The summed E-state index contributed by atoms with van der Waals surface area (Å²) in [6.45, 7) is 3.30. The Morgan fingerprint density at radius 1 is 1.09 bits per heavy atom. The Bertz CT molecular complexity index is 1150. The average molecular weight is 450 g/mol. The van der Waals surface area contributed by atoms with Gasteiger partial charge in [-0.05, 0) is 73.9 Å². The van der Waals surface area contributed by atoms with E-state index in [-0.39, 0.29) is 19.4 Å². The summed E-state index contributed by atoms with van der Waals surface area (Å²) < 4.78 is 10.7. The molecule has 2 atom stereocenters. The lowest BCUT2D eigenvalue weighted by molar-refractivity contribution is -0.135. The highest BCUT2D eigenvalue weighted by atomic mass is 16.7. The first-order chi connectivity index (χ1) is 15.8. The molecular formula is C25H27N3O5. The van der Waals surface area contributed by atoms with Crippen LogP contribution in [0.1, 0.15) is 55.0 Å². The van der Waals surface area contributed by atoms with Gasteiger partial charge in [0, 0.05) is 0 Å². The molecule has 2 heterocycles. The van der Waals surface area contributed by atoms with E-state index in [1.165, 1.54) is 24.0 Å². The largest absolute Gasteiger partial charge is 0.454 e. The summed E-state index contributed by atoms with van der Waals surface area (Å²) in [6.07, 6.45) is 4.57. The fraction of sp³-hybridized carbons (Fsp3) is 0.400. The standard InChI is InChI=1S/C25H27N3O5/c1-15(17-8-7-16-5-3-4-6-18(16)11-17)26-22(29)13-28-23(30)25(2,27-24(28)31)19-9-10-20-21(12-19)33-14-32-20/h7-12,15H,3-6,13-14H2,1-2H3,(H,26,29)(H,27,31). The molecule has 172 valence electrons. The van der Waals surface area contributed by atoms with Crippen molar-refractivity contribution in [2.45, 2.75) is 51.1 Å². The summed E-state index contributed by atoms with van der Waals surface area (Å²) in [4.78, 5) is 39.5. The molecule has 2 N–H and O–H groups in total. The summed E-state index contributed by atoms with van der Waals surface area (Å²) in [5, 5.41) is 5.65. The van der Waals surface area contributed by atoms with Crippen molar-refractivity contribution >= 4 is 17.8 Å². The third-order valence-electron chi connectivity index (χ3n) is 6.78. The molecule has 1 fully saturated rings. The number of fused-ring (bicyclic) bond motifs is 2. The maximum atomic E-state index is 13.2. The maximum Gasteiger partial charge on any atom is 0.325 e. The molecule has 33 heavy (non-hydrogen) atoms. The number of amides is 4. The minimum atomic E-state index is -1.29. The Morgan fingerprint density at radius 2 is 1.85 bits per heavy atom. The number of ether oxygens (including phenoxy) is 2. The molecule has 0 spiro atoms. The second-order valence-electron chi connectivity index (χ2n) is 9.04. The van der Waals surface area contributed by atoms with E-state index >= 15 is 0 Å². The van der Waals surface area contributed by atoms with E-state index in [0.717, 1.165) is 23.3 Å². The number of aryl methyl sites for hydroxylation is 2. The molecule has 1 aliphatic carbocycles. The summed E-state index contributed by atoms with van der Waals surface area (Å²) in [7, 11) is 0. The van der Waals surface area contributed by atoms with Gasteiger partial charge in [0.05, 0.1) is 6.04 Å². The zero-order valence-corrected chi connectivity index (χ0v) is 18.8. The SMILES string of the molecule is CC(NC(=O)CN1C(=O)NC(C)(c2ccc3c(c2)OCO3)C1=O)c1ccc2c(c1)CCCC2. The van der Waals surface area contributed by atoms with Gasteiger partial charge in [-0.2, -0.15) is 0 Å². The Morgan fingerprint density at radius 3 is 2.67 bits per heavy atom. The number of nitrogens with zero attached hydrogens (tertiary/aromatic N) is 1. The van der Waals surface area contributed by atoms with E-state index in [9.17, 15) is 14.4 Å². The number of benzene rings is 2. The molecule has 5 rings (SSSR count). The van der Waals surface area contributed by atoms with Gasteiger partial charge >= 0.3 is 6.03 Å². The van der Waals surface area contributed by atoms with Crippen LogP contribution in [-0.2, 0) is 28.0 Å². The molecule has 2 unspecified atom stereocenters. The van der Waals surface area contributed by atoms with Crippen molar-refractivity contribution in [1.82, 2.24) is 15.5 Å². The third kappa shape index (κ3) is 3.79. The quantitative estimate of drug-likeness (QED) is 0.684. The molecule has 8 nitrogen and oxygen atoms in total. The number of rotatable bonds is 5. The van der Waals surface area contributed by atoms with Crippen LogP contribution in [0.5, 0.6) is 11.5 Å². The number of nitrogens with one attached hydrogen (secondary N) is 2. The molecule has 0 aromatic heterocycles. The van der Waals surface area contributed by atoms with Crippen LogP contribution in [-0.4, -0.2) is 36.1 Å². The summed E-state index contributed by atoms with van der Waals surface area (Å²) >= 11 is 0. The molecule has 8 heteroatoms. The lowest BCUT2D eigenvalue weighted by Crippen LogP contribution is -2.43. The lowest BCUT2D eigenvalue weighted by atomic mass is 9.89. The fourth-order valence-corrected chi connectivity index (χ4v) is 4.78. The van der Waals surface area contributed by atoms with E-state index in [0.29, 0.717) is 17.1 Å². The Kier molecular flexibility index (Phi) is 5.23. The number of imide groups is 1. The third-order valence-corrected chi connectivity index (χ3v) is 6.78. The van der Waals surface area contributed by atoms with E-state index in [2.05, 4.69) is 22.8 Å². The van der Waals surface area contributed by atoms with Gasteiger partial charge in [0.2, 0.25) is 12.7 Å². The van der Waals surface area contributed by atoms with Gasteiger partial charge in [-0.3, -0.25) is 14.5 Å². The average Bonchev–Trinajstić information content (AvgIpc) is 3.37. The molecule has 2 aromatic carbocycles. The lowest BCUT2D eigenvalue weighted by Gasteiger charge is -2.23. The van der Waals surface area contributed by atoms with Crippen LogP contribution < -0.4 is 20.1 Å². The molecule has 4 amide bonds. The van der Waals surface area contributed by atoms with Crippen molar-refractivity contribution in [3.63, 3.8) is 0 Å². The first kappa shape index (κ1) is 21.3. The first-order valence-electron chi connectivity index (χ1n) is 11.3. The molecule has 2 aromatic rings. The fourth-order valence-electron chi connectivity index (χ4n) is 4.78. The zero-order valence-electron chi connectivity index (χ0n) is 18.8. The maximum absolute atomic E-state index is 13.2. The molecule has 2 aliphatic heterocycles. The van der Waals surface area contributed by atoms with Crippen LogP contribution in [0.25, 0.3) is 0 Å². The van der Waals surface area contributed by atoms with Crippen molar-refractivity contribution in [2.24, 2.45) is 0 Å². The predicted molar refractivity (Wildman–Crippen MR) is 120 cm³/mol. The molecule has 0 saturated carbocycles. The van der Waals surface area contributed by atoms with Crippen molar-refractivity contribution in [1.29, 1.82) is 0 Å². The smallest absolute Gasteiger partial charge is 0.325 e. The van der Waals surface area contributed by atoms with Crippen LogP contribution in [0.4, 0.5) is 4.79 Å². The van der Waals surface area contributed by atoms with E-state index in [4.69, 9.17) is 9.47 Å². The highest BCUT2D eigenvalue weighted by Gasteiger charge is 2.50. The van der Waals surface area contributed by atoms with Crippen LogP contribution in [0, 0.1) is 0 Å². The van der Waals surface area contributed by atoms with Crippen LogP contribution in [0.15, 0.2) is 36.4 Å². The van der Waals surface area contributed by atoms with Gasteiger partial charge < -0.3 is 20.1 Å². The number of hydrogen-bond donors (Lipinski definition) is 2. The van der Waals surface area contributed by atoms with Crippen molar-refractivity contribution in [3.8, 4) is 11.5 Å². The minimum Gasteiger partial charge on any atom is -0.454 e. The highest BCUT2D eigenvalue weighted by molar-refractivity contribution is 6.09. The topological polar surface area (TPSA) is 97.0 Å². The van der Waals surface area contributed by atoms with Crippen LogP contribution >= 0.6 is 0 Å². The molecule has 0 radical (unpaired) electrons. The first-order valence-corrected chi connectivity index (χ1v) is 11.3. The number of hydrogen-bond acceptors (Lipinski definition) is 5. The predicted octanol–water partition coefficient (Wildman–Crippen LogP) is 2.94. The normalized spacial score (nSPS) is 22.1. The second kappa shape index (κ2) is 8.10. The van der Waals surface area contributed by atoms with Crippen LogP contribution in [0.2, 0.25) is 0 Å². The van der Waals surface area contributed by atoms with Crippen molar-refractivity contribution in [2.75, 3.05) is 13.3 Å². The van der Waals surface area contributed by atoms with Crippen LogP contribution in [0.3, 0.4) is 0 Å². The minimum absolute atomic E-state index is 0.116. The number of urea groups is 1. The Hall–Kier alpha value is -3.55. The molecule has 1 saturated heterocycles. The summed E-state index contributed by atoms with van der Waals surface area (Å²) in [5.74, 6) is 0.235. The van der Waals surface area contributed by atoms with E-state index in [1.807, 2.05) is 13.0 Å². The van der Waals surface area contributed by atoms with Gasteiger partial charge in [-0.1, -0.05) is 24.3 Å².